The number of aromatic amines is 2. The Balaban J connectivity index is 1.60. The minimum Gasteiger partial charge on any atom is -0.341 e. The van der Waals surface area contributed by atoms with E-state index < -0.39 is 0 Å². The van der Waals surface area contributed by atoms with Crippen LogP contribution < -0.4 is 5.32 Å². The Morgan fingerprint density at radius 1 is 1.19 bits per heavy atom. The van der Waals surface area contributed by atoms with Gasteiger partial charge in [-0.3, -0.25) is 9.89 Å². The van der Waals surface area contributed by atoms with Gasteiger partial charge in [-0.05, 0) is 50.2 Å². The molecule has 2 aromatic heterocycles. The molecular weight excluding hydrogens is 338 g/mol. The number of carbonyl (C=O) groups excluding carboxylic acids is 1. The largest absolute Gasteiger partial charge is 0.341 e. The Bertz CT molecular complexity index is 906. The summed E-state index contributed by atoms with van der Waals surface area (Å²) >= 11 is 0. The van der Waals surface area contributed by atoms with Crippen molar-refractivity contribution in [3.63, 3.8) is 0 Å². The van der Waals surface area contributed by atoms with Crippen LogP contribution in [0.15, 0.2) is 24.3 Å². The van der Waals surface area contributed by atoms with Crippen molar-refractivity contribution in [2.75, 3.05) is 0 Å². The molecule has 6 heteroatoms. The third-order valence-electron chi connectivity index (χ3n) is 5.27. The Kier molecular flexibility index (Phi) is 4.97. The molecule has 1 aliphatic carbocycles. The Morgan fingerprint density at radius 2 is 2.00 bits per heavy atom. The van der Waals surface area contributed by atoms with Crippen molar-refractivity contribution in [2.45, 2.75) is 58.4 Å². The third-order valence-corrected chi connectivity index (χ3v) is 5.27. The van der Waals surface area contributed by atoms with Crippen LogP contribution in [-0.2, 0) is 12.8 Å². The molecule has 0 aliphatic heterocycles. The number of hydrogen-bond acceptors (Lipinski definition) is 3. The summed E-state index contributed by atoms with van der Waals surface area (Å²) in [5, 5.41) is 10.6. The predicted octanol–water partition coefficient (Wildman–Crippen LogP) is 4.07. The third kappa shape index (κ3) is 3.75. The average molecular weight is 365 g/mol. The van der Waals surface area contributed by atoms with Gasteiger partial charge in [-0.25, -0.2) is 4.98 Å². The molecule has 0 saturated heterocycles. The summed E-state index contributed by atoms with van der Waals surface area (Å²) < 4.78 is 0. The normalized spacial score (nSPS) is 15.5. The van der Waals surface area contributed by atoms with E-state index in [0.29, 0.717) is 11.6 Å². The standard InChI is InChI=1S/C21H27N5O/c1-13(2)12-18(20-22-16-10-6-7-11-17(16)23-20)24-21(27)19-14-8-4-3-5-9-15(14)25-26-19/h6-7,10-11,13,18H,3-5,8-9,12H2,1-2H3,(H,22,23)(H,24,27)(H,25,26)/t18-/m0/s1. The lowest BCUT2D eigenvalue weighted by molar-refractivity contribution is 0.0924. The summed E-state index contributed by atoms with van der Waals surface area (Å²) in [6.45, 7) is 4.31. The maximum absolute atomic E-state index is 13.0. The van der Waals surface area contributed by atoms with Gasteiger partial charge in [-0.15, -0.1) is 0 Å². The molecule has 0 bridgehead atoms. The SMILES string of the molecule is CC(C)C[C@H](NC(=O)c1n[nH]c2c1CCCCC2)c1nc2ccccc2[nH]1. The number of imidazole rings is 1. The number of carbonyl (C=O) groups is 1. The van der Waals surface area contributed by atoms with Crippen molar-refractivity contribution < 1.29 is 4.79 Å². The van der Waals surface area contributed by atoms with E-state index in [9.17, 15) is 4.79 Å². The zero-order valence-corrected chi connectivity index (χ0v) is 16.0. The number of nitrogens with one attached hydrogen (secondary N) is 3. The van der Waals surface area contributed by atoms with E-state index in [2.05, 4.69) is 34.3 Å². The van der Waals surface area contributed by atoms with Gasteiger partial charge in [0, 0.05) is 11.3 Å². The number of rotatable bonds is 5. The van der Waals surface area contributed by atoms with Gasteiger partial charge in [0.1, 0.15) is 5.82 Å². The number of benzene rings is 1. The van der Waals surface area contributed by atoms with E-state index in [-0.39, 0.29) is 11.9 Å². The maximum Gasteiger partial charge on any atom is 0.272 e. The topological polar surface area (TPSA) is 86.5 Å². The lowest BCUT2D eigenvalue weighted by Gasteiger charge is -2.18. The minimum atomic E-state index is -0.164. The number of hydrogen-bond donors (Lipinski definition) is 3. The van der Waals surface area contributed by atoms with Gasteiger partial charge in [0.05, 0.1) is 17.1 Å². The zero-order chi connectivity index (χ0) is 18.8. The van der Waals surface area contributed by atoms with Crippen LogP contribution in [0.3, 0.4) is 0 Å². The van der Waals surface area contributed by atoms with Crippen molar-refractivity contribution in [3.05, 3.63) is 47.0 Å². The molecule has 0 fully saturated rings. The van der Waals surface area contributed by atoms with E-state index in [1.54, 1.807) is 0 Å². The van der Waals surface area contributed by atoms with Gasteiger partial charge in [0.25, 0.3) is 5.91 Å². The second kappa shape index (κ2) is 7.55. The molecule has 1 amide bonds. The molecule has 0 radical (unpaired) electrons. The molecule has 1 aromatic carbocycles. The first-order valence-corrected chi connectivity index (χ1v) is 9.93. The van der Waals surface area contributed by atoms with Crippen molar-refractivity contribution in [1.82, 2.24) is 25.5 Å². The average Bonchev–Trinajstić information content (AvgIpc) is 3.18. The van der Waals surface area contributed by atoms with Crippen LogP contribution in [-0.4, -0.2) is 26.1 Å². The van der Waals surface area contributed by atoms with Crippen molar-refractivity contribution in [1.29, 1.82) is 0 Å². The molecule has 27 heavy (non-hydrogen) atoms. The lowest BCUT2D eigenvalue weighted by Crippen LogP contribution is -2.31. The molecule has 6 nitrogen and oxygen atoms in total. The molecule has 142 valence electrons. The molecule has 1 atom stereocenters. The Hall–Kier alpha value is -2.63. The van der Waals surface area contributed by atoms with Crippen molar-refractivity contribution in [2.24, 2.45) is 5.92 Å². The fourth-order valence-electron chi connectivity index (χ4n) is 3.92. The fraction of sp³-hybridized carbons (Fsp3) is 0.476. The van der Waals surface area contributed by atoms with Gasteiger partial charge in [0.2, 0.25) is 0 Å². The first kappa shape index (κ1) is 17.8. The van der Waals surface area contributed by atoms with Gasteiger partial charge in [0.15, 0.2) is 5.69 Å². The number of amides is 1. The van der Waals surface area contributed by atoms with Crippen molar-refractivity contribution in [3.8, 4) is 0 Å². The van der Waals surface area contributed by atoms with Crippen LogP contribution in [0, 0.1) is 5.92 Å². The molecule has 3 N–H and O–H groups in total. The Labute approximate surface area is 159 Å². The molecule has 3 aromatic rings. The van der Waals surface area contributed by atoms with E-state index in [1.807, 2.05) is 24.3 Å². The summed E-state index contributed by atoms with van der Waals surface area (Å²) in [4.78, 5) is 21.1. The summed E-state index contributed by atoms with van der Waals surface area (Å²) in [5.74, 6) is 1.13. The lowest BCUT2D eigenvalue weighted by atomic mass is 10.0. The predicted molar refractivity (Wildman–Crippen MR) is 106 cm³/mol. The van der Waals surface area contributed by atoms with Crippen LogP contribution in [0.25, 0.3) is 11.0 Å². The monoisotopic (exact) mass is 365 g/mol. The van der Waals surface area contributed by atoms with Crippen LogP contribution >= 0.6 is 0 Å². The highest BCUT2D eigenvalue weighted by Crippen LogP contribution is 2.25. The fourth-order valence-corrected chi connectivity index (χ4v) is 3.92. The highest BCUT2D eigenvalue weighted by molar-refractivity contribution is 5.94. The summed E-state index contributed by atoms with van der Waals surface area (Å²) in [5.41, 5.74) is 4.68. The molecule has 0 unspecified atom stereocenters. The van der Waals surface area contributed by atoms with E-state index in [1.165, 1.54) is 6.42 Å². The second-order valence-electron chi connectivity index (χ2n) is 7.88. The van der Waals surface area contributed by atoms with Crippen molar-refractivity contribution >= 4 is 16.9 Å². The summed E-state index contributed by atoms with van der Waals surface area (Å²) in [6.07, 6.45) is 6.20. The molecule has 0 spiro atoms. The molecule has 4 rings (SSSR count). The minimum absolute atomic E-state index is 0.111. The smallest absolute Gasteiger partial charge is 0.272 e. The van der Waals surface area contributed by atoms with Gasteiger partial charge < -0.3 is 10.3 Å². The van der Waals surface area contributed by atoms with E-state index in [0.717, 1.165) is 60.2 Å². The first-order chi connectivity index (χ1) is 13.1. The number of aromatic nitrogens is 4. The number of nitrogens with zero attached hydrogens (tertiary/aromatic N) is 2. The molecule has 0 saturated carbocycles. The van der Waals surface area contributed by atoms with Gasteiger partial charge in [-0.1, -0.05) is 32.4 Å². The maximum atomic E-state index is 13.0. The highest BCUT2D eigenvalue weighted by Gasteiger charge is 2.25. The zero-order valence-electron chi connectivity index (χ0n) is 16.0. The summed E-state index contributed by atoms with van der Waals surface area (Å²) in [6, 6.07) is 7.79. The highest BCUT2D eigenvalue weighted by atomic mass is 16.2. The number of H-pyrrole nitrogens is 2. The Morgan fingerprint density at radius 3 is 2.81 bits per heavy atom. The van der Waals surface area contributed by atoms with Crippen LogP contribution in [0.1, 0.15) is 73.1 Å². The quantitative estimate of drug-likeness (QED) is 0.596. The summed E-state index contributed by atoms with van der Waals surface area (Å²) in [7, 11) is 0. The molecule has 1 aliphatic rings. The van der Waals surface area contributed by atoms with Gasteiger partial charge >= 0.3 is 0 Å². The van der Waals surface area contributed by atoms with Crippen LogP contribution in [0.4, 0.5) is 0 Å². The first-order valence-electron chi connectivity index (χ1n) is 9.93. The van der Waals surface area contributed by atoms with Crippen LogP contribution in [0.2, 0.25) is 0 Å². The van der Waals surface area contributed by atoms with Gasteiger partial charge in [-0.2, -0.15) is 5.10 Å². The molecular formula is C21H27N5O. The number of para-hydroxylation sites is 2. The molecule has 2 heterocycles. The van der Waals surface area contributed by atoms with Crippen LogP contribution in [0.5, 0.6) is 0 Å². The van der Waals surface area contributed by atoms with E-state index >= 15 is 0 Å². The van der Waals surface area contributed by atoms with E-state index in [4.69, 9.17) is 4.98 Å². The number of fused-ring (bicyclic) bond motifs is 2. The number of aryl methyl sites for hydroxylation is 1. The second-order valence-corrected chi connectivity index (χ2v) is 7.88.